The van der Waals surface area contributed by atoms with Crippen molar-refractivity contribution in [2.24, 2.45) is 11.5 Å². The Balaban J connectivity index is 3.49. The van der Waals surface area contributed by atoms with E-state index in [1.807, 2.05) is 0 Å². The fraction of sp³-hybridized carbons (Fsp3) is 0.600. The van der Waals surface area contributed by atoms with Crippen LogP contribution >= 0.6 is 0 Å². The van der Waals surface area contributed by atoms with Gasteiger partial charge in [-0.1, -0.05) is 0 Å². The Morgan fingerprint density at radius 3 is 2.30 bits per heavy atom. The third-order valence-corrected chi connectivity index (χ3v) is 1.02. The van der Waals surface area contributed by atoms with Gasteiger partial charge in [-0.25, -0.2) is 0 Å². The first-order valence-electron chi connectivity index (χ1n) is 2.80. The summed E-state index contributed by atoms with van der Waals surface area (Å²) in [6.45, 7) is 0. The van der Waals surface area contributed by atoms with Gasteiger partial charge in [-0.05, 0) is 6.42 Å². The van der Waals surface area contributed by atoms with Gasteiger partial charge in [0.1, 0.15) is 6.04 Å². The van der Waals surface area contributed by atoms with E-state index in [9.17, 15) is 9.59 Å². The van der Waals surface area contributed by atoms with Gasteiger partial charge in [0, 0.05) is 6.42 Å². The van der Waals surface area contributed by atoms with E-state index >= 15 is 0 Å². The van der Waals surface area contributed by atoms with E-state index in [-0.39, 0.29) is 12.8 Å². The van der Waals surface area contributed by atoms with Crippen LogP contribution < -0.4 is 11.5 Å². The second-order valence-electron chi connectivity index (χ2n) is 1.95. The zero-order valence-electron chi connectivity index (χ0n) is 5.41. The molecule has 0 aromatic carbocycles. The molecule has 0 aliphatic carbocycles. The van der Waals surface area contributed by atoms with Gasteiger partial charge >= 0.3 is 5.97 Å². The molecule has 0 unspecified atom stereocenters. The first kappa shape index (κ1) is 8.90. The van der Waals surface area contributed by atoms with Crippen molar-refractivity contribution in [3.8, 4) is 0 Å². The van der Waals surface area contributed by atoms with E-state index in [1.54, 1.807) is 0 Å². The van der Waals surface area contributed by atoms with Gasteiger partial charge in [-0.3, -0.25) is 9.59 Å². The number of hydrogen-bond acceptors (Lipinski definition) is 3. The molecule has 58 valence electrons. The van der Waals surface area contributed by atoms with Crippen LogP contribution in [0, 0.1) is 0 Å². The second kappa shape index (κ2) is 3.84. The van der Waals surface area contributed by atoms with Crippen LogP contribution in [-0.2, 0) is 9.59 Å². The van der Waals surface area contributed by atoms with Crippen molar-refractivity contribution in [3.05, 3.63) is 0 Å². The van der Waals surface area contributed by atoms with Crippen molar-refractivity contribution < 1.29 is 14.7 Å². The molecule has 0 bridgehead atoms. The highest BCUT2D eigenvalue weighted by molar-refractivity contribution is 5.76. The van der Waals surface area contributed by atoms with E-state index in [1.165, 1.54) is 0 Å². The Morgan fingerprint density at radius 1 is 1.50 bits per heavy atom. The highest BCUT2D eigenvalue weighted by Crippen LogP contribution is 1.92. The highest BCUT2D eigenvalue weighted by Gasteiger charge is 2.11. The summed E-state index contributed by atoms with van der Waals surface area (Å²) in [5, 5.41) is 8.22. The van der Waals surface area contributed by atoms with Crippen molar-refractivity contribution in [2.75, 3.05) is 0 Å². The molecule has 0 heterocycles. The molecule has 0 rings (SSSR count). The van der Waals surface area contributed by atoms with Crippen LogP contribution in [0.1, 0.15) is 12.8 Å². The molecule has 0 aromatic heterocycles. The summed E-state index contributed by atoms with van der Waals surface area (Å²) in [7, 11) is 0. The van der Waals surface area contributed by atoms with Crippen molar-refractivity contribution in [3.63, 3.8) is 0 Å². The van der Waals surface area contributed by atoms with Crippen molar-refractivity contribution in [1.29, 1.82) is 0 Å². The zero-order chi connectivity index (χ0) is 8.15. The molecule has 0 fully saturated rings. The predicted molar refractivity (Wildman–Crippen MR) is 34.0 cm³/mol. The van der Waals surface area contributed by atoms with E-state index in [0.717, 1.165) is 0 Å². The topological polar surface area (TPSA) is 106 Å². The van der Waals surface area contributed by atoms with Crippen LogP contribution in [0.2, 0.25) is 0 Å². The molecule has 5 heteroatoms. The third-order valence-electron chi connectivity index (χ3n) is 1.02. The largest absolute Gasteiger partial charge is 0.480 e. The van der Waals surface area contributed by atoms with Crippen LogP contribution in [0.3, 0.4) is 0 Å². The quantitative estimate of drug-likeness (QED) is 0.429. The maximum absolute atomic E-state index is 10.1. The summed E-state index contributed by atoms with van der Waals surface area (Å²) in [6, 6.07) is -0.979. The summed E-state index contributed by atoms with van der Waals surface area (Å²) in [5.74, 6) is -1.64. The molecule has 1 atom stereocenters. The Kier molecular flexibility index (Phi) is 3.42. The lowest BCUT2D eigenvalue weighted by Gasteiger charge is -2.01. The maximum atomic E-state index is 10.1. The molecule has 0 aliphatic heterocycles. The minimum Gasteiger partial charge on any atom is -0.480 e. The molecule has 0 spiro atoms. The average molecular weight is 148 g/mol. The van der Waals surface area contributed by atoms with Gasteiger partial charge < -0.3 is 16.6 Å². The lowest BCUT2D eigenvalue weighted by molar-refractivity contribution is -0.138. The van der Waals surface area contributed by atoms with Crippen LogP contribution in [0.15, 0.2) is 0 Å². The highest BCUT2D eigenvalue weighted by atomic mass is 16.4. The van der Waals surface area contributed by atoms with Gasteiger partial charge in [0.25, 0.3) is 0 Å². The Labute approximate surface area is 58.0 Å². The molecule has 0 radical (unpaired) electrons. The summed E-state index contributed by atoms with van der Waals surface area (Å²) < 4.78 is 0. The fourth-order valence-electron chi connectivity index (χ4n) is 0.421. The van der Waals surface area contributed by atoms with Crippen molar-refractivity contribution in [2.45, 2.75) is 18.9 Å². The Morgan fingerprint density at radius 2 is 2.00 bits per heavy atom. The zero-order valence-corrected chi connectivity index (χ0v) is 5.41. The average Bonchev–Trinajstić information content (AvgIpc) is 1.82. The summed E-state index contributed by atoms with van der Waals surface area (Å²) in [5.41, 5.74) is 9.81. The molecule has 0 saturated heterocycles. The summed E-state index contributed by atoms with van der Waals surface area (Å²) in [6.07, 6.45) is 0.123. The number of hydrogen-bond donors (Lipinski definition) is 3. The number of carbonyl (C=O) groups is 2. The van der Waals surface area contributed by atoms with Crippen molar-refractivity contribution in [1.82, 2.24) is 0 Å². The minimum atomic E-state index is -1.11. The maximum Gasteiger partial charge on any atom is 0.320 e. The van der Waals surface area contributed by atoms with Gasteiger partial charge in [-0.2, -0.15) is 0 Å². The van der Waals surface area contributed by atoms with Crippen LogP contribution in [-0.4, -0.2) is 23.0 Å². The number of carboxylic acids is 1. The first-order chi connectivity index (χ1) is 4.54. The van der Waals surface area contributed by atoms with Crippen LogP contribution in [0.4, 0.5) is 0 Å². The predicted octanol–water partition coefficient (Wildman–Crippen LogP) is -1.34. The molecule has 0 aromatic rings. The first-order valence-corrected chi connectivity index (χ1v) is 2.80. The lowest BCUT2D eigenvalue weighted by atomic mass is 10.2. The normalized spacial score (nSPS) is 12.5. The van der Waals surface area contributed by atoms with Gasteiger partial charge in [0.05, 0.1) is 0 Å². The Bertz CT molecular complexity index is 146. The number of carboxylic acid groups (broad SMARTS) is 1. The molecule has 10 heavy (non-hydrogen) atoms. The van der Waals surface area contributed by atoms with Gasteiger partial charge in [0.15, 0.2) is 0 Å². The fourth-order valence-corrected chi connectivity index (χ4v) is 0.421. The number of aliphatic carboxylic acids is 1. The molecular formula is C5H10N2O3. The van der Waals surface area contributed by atoms with E-state index in [0.29, 0.717) is 0 Å². The molecule has 0 aliphatic rings. The van der Waals surface area contributed by atoms with E-state index in [2.05, 4.69) is 0 Å². The van der Waals surface area contributed by atoms with E-state index < -0.39 is 17.9 Å². The number of amides is 1. The molecular weight excluding hydrogens is 138 g/mol. The molecule has 1 amide bonds. The lowest BCUT2D eigenvalue weighted by Crippen LogP contribution is -2.31. The van der Waals surface area contributed by atoms with Gasteiger partial charge in [0.2, 0.25) is 5.91 Å². The van der Waals surface area contributed by atoms with Crippen LogP contribution in [0.25, 0.3) is 0 Å². The number of nitrogens with two attached hydrogens (primary N) is 2. The number of carbonyl (C=O) groups excluding carboxylic acids is 1. The van der Waals surface area contributed by atoms with Crippen LogP contribution in [0.5, 0.6) is 0 Å². The molecule has 5 N–H and O–H groups in total. The smallest absolute Gasteiger partial charge is 0.320 e. The summed E-state index contributed by atoms with van der Waals surface area (Å²) in [4.78, 5) is 20.1. The van der Waals surface area contributed by atoms with E-state index in [4.69, 9.17) is 16.6 Å². The molecule has 5 nitrogen and oxygen atoms in total. The number of rotatable bonds is 4. The molecule has 0 saturated carbocycles. The second-order valence-corrected chi connectivity index (χ2v) is 1.95. The van der Waals surface area contributed by atoms with Crippen molar-refractivity contribution >= 4 is 11.9 Å². The van der Waals surface area contributed by atoms with Gasteiger partial charge in [-0.15, -0.1) is 0 Å². The monoisotopic (exact) mass is 148 g/mol. The summed E-state index contributed by atoms with van der Waals surface area (Å²) >= 11 is 0. The Hall–Kier alpha value is -1.10. The third kappa shape index (κ3) is 3.85. The standard InChI is InChI=1S/C5H10N2O3/c6-3(5(9)10)1-2-4(7)8/h3H,1-2,6H2,(H2,7,8)(H,9,10)/t3-/m1/s1/i6+1,7+1. The number of primary amides is 1. The SMILES string of the molecule is [15NH2]C(=O)CC[C@@H]([15NH2])C(=O)O. The minimum absolute atomic E-state index is 0.0213.